The van der Waals surface area contributed by atoms with Crippen LogP contribution in [0.25, 0.3) is 11.5 Å². The molecule has 6 heteroatoms. The molecule has 0 aliphatic rings. The van der Waals surface area contributed by atoms with Crippen molar-refractivity contribution in [2.45, 2.75) is 26.1 Å². The Morgan fingerprint density at radius 2 is 2.19 bits per heavy atom. The van der Waals surface area contributed by atoms with Gasteiger partial charge in [0.15, 0.2) is 5.82 Å². The molecule has 0 unspecified atom stereocenters. The summed E-state index contributed by atoms with van der Waals surface area (Å²) in [5, 5.41) is 11.8. The van der Waals surface area contributed by atoms with Gasteiger partial charge in [0.2, 0.25) is 0 Å². The Hall–Kier alpha value is -1.49. The monoisotopic (exact) mass is 238 g/mol. The van der Waals surface area contributed by atoms with Crippen LogP contribution in [0.15, 0.2) is 10.6 Å². The molecule has 0 atom stereocenters. The molecule has 0 radical (unpaired) electrons. The van der Waals surface area contributed by atoms with Gasteiger partial charge in [-0.05, 0) is 19.4 Å². The van der Waals surface area contributed by atoms with Gasteiger partial charge >= 0.3 is 0 Å². The molecule has 2 heterocycles. The van der Waals surface area contributed by atoms with E-state index < -0.39 is 0 Å². The molecule has 0 spiro atoms. The summed E-state index contributed by atoms with van der Waals surface area (Å²) in [6, 6.07) is 1.89. The van der Waals surface area contributed by atoms with Gasteiger partial charge in [-0.1, -0.05) is 12.1 Å². The van der Waals surface area contributed by atoms with E-state index in [4.69, 9.17) is 16.1 Å². The minimum absolute atomic E-state index is 0.239. The fourth-order valence-electron chi connectivity index (χ4n) is 1.38. The lowest BCUT2D eigenvalue weighted by Crippen LogP contribution is -1.97. The van der Waals surface area contributed by atoms with E-state index in [9.17, 15) is 0 Å². The van der Waals surface area contributed by atoms with E-state index in [0.29, 0.717) is 11.7 Å². The summed E-state index contributed by atoms with van der Waals surface area (Å²) in [7, 11) is 0. The number of halogens is 1. The van der Waals surface area contributed by atoms with Crippen molar-refractivity contribution in [3.8, 4) is 11.5 Å². The molecule has 0 saturated carbocycles. The highest BCUT2D eigenvalue weighted by Crippen LogP contribution is 2.21. The predicted octanol–water partition coefficient (Wildman–Crippen LogP) is 2.14. The standard InChI is InChI=1S/C10H11ClN4O/c1-3-8-7(4-6(2)13-14-8)10-12-9(5-11)15-16-10/h4H,3,5H2,1-2H3. The Morgan fingerprint density at radius 1 is 1.38 bits per heavy atom. The van der Waals surface area contributed by atoms with Crippen molar-refractivity contribution < 1.29 is 4.52 Å². The maximum absolute atomic E-state index is 5.62. The van der Waals surface area contributed by atoms with Crippen LogP contribution in [0.3, 0.4) is 0 Å². The molecule has 2 aromatic heterocycles. The third kappa shape index (κ3) is 2.04. The van der Waals surface area contributed by atoms with E-state index in [1.807, 2.05) is 19.9 Å². The fourth-order valence-corrected chi connectivity index (χ4v) is 1.49. The summed E-state index contributed by atoms with van der Waals surface area (Å²) in [6.07, 6.45) is 0.765. The van der Waals surface area contributed by atoms with Crippen molar-refractivity contribution >= 4 is 11.6 Å². The lowest BCUT2D eigenvalue weighted by atomic mass is 10.1. The summed E-state index contributed by atoms with van der Waals surface area (Å²) in [4.78, 5) is 4.17. The molecular weight excluding hydrogens is 228 g/mol. The number of aryl methyl sites for hydroxylation is 2. The van der Waals surface area contributed by atoms with Crippen molar-refractivity contribution in [3.63, 3.8) is 0 Å². The highest BCUT2D eigenvalue weighted by atomic mass is 35.5. The average Bonchev–Trinajstić information content (AvgIpc) is 2.77. The van der Waals surface area contributed by atoms with Crippen molar-refractivity contribution in [2.75, 3.05) is 0 Å². The minimum atomic E-state index is 0.239. The Labute approximate surface area is 97.8 Å². The smallest absolute Gasteiger partial charge is 0.259 e. The molecule has 84 valence electrons. The molecule has 0 bridgehead atoms. The number of hydrogen-bond donors (Lipinski definition) is 0. The highest BCUT2D eigenvalue weighted by molar-refractivity contribution is 6.16. The van der Waals surface area contributed by atoms with Crippen LogP contribution < -0.4 is 0 Å². The first-order chi connectivity index (χ1) is 7.74. The van der Waals surface area contributed by atoms with Crippen molar-refractivity contribution in [2.24, 2.45) is 0 Å². The molecule has 2 rings (SSSR count). The zero-order chi connectivity index (χ0) is 11.5. The molecule has 5 nitrogen and oxygen atoms in total. The molecule has 0 aliphatic heterocycles. The summed E-state index contributed by atoms with van der Waals surface area (Å²) >= 11 is 5.62. The van der Waals surface area contributed by atoms with Gasteiger partial charge in [-0.3, -0.25) is 0 Å². The van der Waals surface area contributed by atoms with Crippen LogP contribution in [-0.2, 0) is 12.3 Å². The van der Waals surface area contributed by atoms with Crippen LogP contribution in [0.4, 0.5) is 0 Å². The zero-order valence-electron chi connectivity index (χ0n) is 9.07. The van der Waals surface area contributed by atoms with Gasteiger partial charge < -0.3 is 4.52 Å². The second kappa shape index (κ2) is 4.57. The number of hydrogen-bond acceptors (Lipinski definition) is 5. The van der Waals surface area contributed by atoms with Crippen LogP contribution in [0.5, 0.6) is 0 Å². The summed E-state index contributed by atoms with van der Waals surface area (Å²) in [5.41, 5.74) is 2.49. The first-order valence-corrected chi connectivity index (χ1v) is 5.50. The lowest BCUT2D eigenvalue weighted by Gasteiger charge is -2.01. The molecule has 0 N–H and O–H groups in total. The van der Waals surface area contributed by atoms with E-state index in [0.717, 1.165) is 23.4 Å². The third-order valence-corrected chi connectivity index (χ3v) is 2.38. The van der Waals surface area contributed by atoms with E-state index >= 15 is 0 Å². The van der Waals surface area contributed by atoms with Gasteiger partial charge in [0.05, 0.1) is 22.8 Å². The van der Waals surface area contributed by atoms with E-state index in [1.165, 1.54) is 0 Å². The van der Waals surface area contributed by atoms with Crippen molar-refractivity contribution in [3.05, 3.63) is 23.3 Å². The molecule has 0 amide bonds. The second-order valence-corrected chi connectivity index (χ2v) is 3.62. The second-order valence-electron chi connectivity index (χ2n) is 3.35. The number of rotatable bonds is 3. The largest absolute Gasteiger partial charge is 0.334 e. The van der Waals surface area contributed by atoms with Gasteiger partial charge in [-0.2, -0.15) is 15.2 Å². The zero-order valence-corrected chi connectivity index (χ0v) is 9.82. The first-order valence-electron chi connectivity index (χ1n) is 4.96. The summed E-state index contributed by atoms with van der Waals surface area (Å²) < 4.78 is 5.13. The number of nitrogens with zero attached hydrogens (tertiary/aromatic N) is 4. The molecule has 0 fully saturated rings. The van der Waals surface area contributed by atoms with E-state index in [1.54, 1.807) is 0 Å². The summed E-state index contributed by atoms with van der Waals surface area (Å²) in [6.45, 7) is 3.87. The van der Waals surface area contributed by atoms with Gasteiger partial charge in [0.1, 0.15) is 0 Å². The molecule has 16 heavy (non-hydrogen) atoms. The first kappa shape index (κ1) is 11.0. The molecule has 2 aromatic rings. The SMILES string of the molecule is CCc1nnc(C)cc1-c1nc(CCl)no1. The highest BCUT2D eigenvalue weighted by Gasteiger charge is 2.13. The Morgan fingerprint density at radius 3 is 2.81 bits per heavy atom. The summed E-state index contributed by atoms with van der Waals surface area (Å²) in [5.74, 6) is 1.17. The van der Waals surface area contributed by atoms with Crippen LogP contribution >= 0.6 is 11.6 Å². The third-order valence-electron chi connectivity index (χ3n) is 2.15. The Balaban J connectivity index is 2.49. The maximum Gasteiger partial charge on any atom is 0.259 e. The van der Waals surface area contributed by atoms with Crippen LogP contribution in [0, 0.1) is 6.92 Å². The molecule has 0 aromatic carbocycles. The average molecular weight is 239 g/mol. The maximum atomic E-state index is 5.62. The molecule has 0 aliphatic carbocycles. The van der Waals surface area contributed by atoms with Crippen molar-refractivity contribution in [1.29, 1.82) is 0 Å². The van der Waals surface area contributed by atoms with Crippen LogP contribution in [0.1, 0.15) is 24.1 Å². The van der Waals surface area contributed by atoms with Crippen LogP contribution in [-0.4, -0.2) is 20.3 Å². The molecule has 0 saturated heterocycles. The van der Waals surface area contributed by atoms with E-state index in [2.05, 4.69) is 20.3 Å². The van der Waals surface area contributed by atoms with E-state index in [-0.39, 0.29) is 5.88 Å². The predicted molar refractivity (Wildman–Crippen MR) is 59.0 cm³/mol. The van der Waals surface area contributed by atoms with Crippen LogP contribution in [0.2, 0.25) is 0 Å². The van der Waals surface area contributed by atoms with Gasteiger partial charge in [0, 0.05) is 0 Å². The number of aromatic nitrogens is 4. The fraction of sp³-hybridized carbons (Fsp3) is 0.400. The topological polar surface area (TPSA) is 64.7 Å². The molecular formula is C10H11ClN4O. The van der Waals surface area contributed by atoms with Gasteiger partial charge in [0.25, 0.3) is 5.89 Å². The Bertz CT molecular complexity index is 497. The normalized spacial score (nSPS) is 10.7. The van der Waals surface area contributed by atoms with Crippen molar-refractivity contribution in [1.82, 2.24) is 20.3 Å². The van der Waals surface area contributed by atoms with Gasteiger partial charge in [-0.15, -0.1) is 11.6 Å². The number of alkyl halides is 1. The van der Waals surface area contributed by atoms with Gasteiger partial charge in [-0.25, -0.2) is 0 Å². The lowest BCUT2D eigenvalue weighted by molar-refractivity contribution is 0.424. The minimum Gasteiger partial charge on any atom is -0.334 e. The quantitative estimate of drug-likeness (QED) is 0.767. The Kier molecular flexibility index (Phi) is 3.14.